The van der Waals surface area contributed by atoms with Crippen LogP contribution in [-0.4, -0.2) is 48.4 Å². The van der Waals surface area contributed by atoms with Gasteiger partial charge in [-0.1, -0.05) is 23.7 Å². The summed E-state index contributed by atoms with van der Waals surface area (Å²) in [6.07, 6.45) is 0. The number of nitrogens with zero attached hydrogens (tertiary/aromatic N) is 1. The molecule has 0 aromatic heterocycles. The molecular weight excluding hydrogens is 290 g/mol. The number of rotatable bonds is 3. The molecule has 2 N–H and O–H groups in total. The quantitative estimate of drug-likeness (QED) is 0.883. The van der Waals surface area contributed by atoms with Gasteiger partial charge in [-0.3, -0.25) is 19.8 Å². The van der Waals surface area contributed by atoms with Crippen LogP contribution >= 0.6 is 11.6 Å². The number of hydrogen-bond donors (Lipinski definition) is 2. The molecule has 1 saturated heterocycles. The lowest BCUT2D eigenvalue weighted by Gasteiger charge is -2.35. The van der Waals surface area contributed by atoms with Crippen LogP contribution in [0.3, 0.4) is 0 Å². The SMILES string of the molecule is CC1CN(CC(=O)NC(=O)c2ccccc2Cl)CC(C)N1. The predicted octanol–water partition coefficient (Wildman–Crippen LogP) is 1.28. The molecular formula is C15H20ClN3O2. The number of carbonyl (C=O) groups is 2. The first-order chi connectivity index (χ1) is 9.95. The number of hydrogen-bond acceptors (Lipinski definition) is 4. The summed E-state index contributed by atoms with van der Waals surface area (Å²) in [5.74, 6) is -0.761. The molecule has 0 aliphatic carbocycles. The van der Waals surface area contributed by atoms with E-state index < -0.39 is 5.91 Å². The van der Waals surface area contributed by atoms with Gasteiger partial charge in [0, 0.05) is 25.2 Å². The summed E-state index contributed by atoms with van der Waals surface area (Å²) in [4.78, 5) is 26.0. The van der Waals surface area contributed by atoms with E-state index in [1.54, 1.807) is 24.3 Å². The Kier molecular flexibility index (Phi) is 5.33. The van der Waals surface area contributed by atoms with Gasteiger partial charge in [-0.15, -0.1) is 0 Å². The average Bonchev–Trinajstić information content (AvgIpc) is 2.37. The van der Waals surface area contributed by atoms with Crippen molar-refractivity contribution in [2.24, 2.45) is 0 Å². The molecule has 1 heterocycles. The Hall–Kier alpha value is -1.43. The maximum atomic E-state index is 12.0. The molecule has 0 spiro atoms. The van der Waals surface area contributed by atoms with Crippen molar-refractivity contribution >= 4 is 23.4 Å². The maximum Gasteiger partial charge on any atom is 0.259 e. The van der Waals surface area contributed by atoms with Crippen molar-refractivity contribution in [1.29, 1.82) is 0 Å². The monoisotopic (exact) mass is 309 g/mol. The number of carbonyl (C=O) groups excluding carboxylic acids is 2. The summed E-state index contributed by atoms with van der Waals surface area (Å²) >= 11 is 5.94. The topological polar surface area (TPSA) is 61.4 Å². The molecule has 1 aromatic rings. The molecule has 2 rings (SSSR count). The zero-order valence-corrected chi connectivity index (χ0v) is 13.0. The predicted molar refractivity (Wildman–Crippen MR) is 82.4 cm³/mol. The van der Waals surface area contributed by atoms with Crippen LogP contribution in [0.25, 0.3) is 0 Å². The summed E-state index contributed by atoms with van der Waals surface area (Å²) in [5, 5.41) is 6.13. The van der Waals surface area contributed by atoms with Gasteiger partial charge < -0.3 is 5.32 Å². The van der Waals surface area contributed by atoms with Crippen LogP contribution in [0.1, 0.15) is 24.2 Å². The molecule has 2 unspecified atom stereocenters. The minimum atomic E-state index is -0.457. The lowest BCUT2D eigenvalue weighted by Crippen LogP contribution is -2.56. The summed E-state index contributed by atoms with van der Waals surface area (Å²) in [7, 11) is 0. The minimum absolute atomic E-state index is 0.215. The Morgan fingerprint density at radius 2 is 1.90 bits per heavy atom. The molecule has 21 heavy (non-hydrogen) atoms. The van der Waals surface area contributed by atoms with Gasteiger partial charge in [0.05, 0.1) is 17.1 Å². The third kappa shape index (κ3) is 4.52. The van der Waals surface area contributed by atoms with Crippen molar-refractivity contribution < 1.29 is 9.59 Å². The van der Waals surface area contributed by atoms with E-state index >= 15 is 0 Å². The standard InChI is InChI=1S/C15H20ClN3O2/c1-10-7-19(8-11(2)17-10)9-14(20)18-15(21)12-5-3-4-6-13(12)16/h3-6,10-11,17H,7-9H2,1-2H3,(H,18,20,21). The van der Waals surface area contributed by atoms with E-state index in [4.69, 9.17) is 11.6 Å². The molecule has 6 heteroatoms. The summed E-state index contributed by atoms with van der Waals surface area (Å²) in [6.45, 7) is 5.95. The van der Waals surface area contributed by atoms with Gasteiger partial charge in [-0.05, 0) is 26.0 Å². The number of amides is 2. The normalized spacial score (nSPS) is 22.8. The van der Waals surface area contributed by atoms with E-state index in [0.717, 1.165) is 13.1 Å². The molecule has 1 aliphatic heterocycles. The van der Waals surface area contributed by atoms with Crippen molar-refractivity contribution in [2.45, 2.75) is 25.9 Å². The van der Waals surface area contributed by atoms with Crippen LogP contribution < -0.4 is 10.6 Å². The van der Waals surface area contributed by atoms with E-state index in [0.29, 0.717) is 22.7 Å². The lowest BCUT2D eigenvalue weighted by atomic mass is 10.1. The summed E-state index contributed by atoms with van der Waals surface area (Å²) in [5.41, 5.74) is 0.314. The van der Waals surface area contributed by atoms with Gasteiger partial charge in [-0.25, -0.2) is 0 Å². The van der Waals surface area contributed by atoms with Crippen molar-refractivity contribution in [2.75, 3.05) is 19.6 Å². The number of halogens is 1. The fraction of sp³-hybridized carbons (Fsp3) is 0.467. The number of piperazine rings is 1. The van der Waals surface area contributed by atoms with Crippen molar-refractivity contribution in [3.8, 4) is 0 Å². The van der Waals surface area contributed by atoms with Gasteiger partial charge in [0.25, 0.3) is 5.91 Å². The molecule has 2 atom stereocenters. The Balaban J connectivity index is 1.90. The largest absolute Gasteiger partial charge is 0.309 e. The van der Waals surface area contributed by atoms with Crippen molar-refractivity contribution in [3.05, 3.63) is 34.9 Å². The molecule has 0 radical (unpaired) electrons. The second kappa shape index (κ2) is 7.02. The van der Waals surface area contributed by atoms with Gasteiger partial charge in [0.15, 0.2) is 0 Å². The van der Waals surface area contributed by atoms with Crippen LogP contribution in [0.4, 0.5) is 0 Å². The fourth-order valence-electron chi connectivity index (χ4n) is 2.65. The highest BCUT2D eigenvalue weighted by Gasteiger charge is 2.23. The van der Waals surface area contributed by atoms with E-state index in [1.807, 2.05) is 4.90 Å². The Morgan fingerprint density at radius 1 is 1.29 bits per heavy atom. The van der Waals surface area contributed by atoms with E-state index in [1.165, 1.54) is 0 Å². The van der Waals surface area contributed by atoms with Gasteiger partial charge in [0.2, 0.25) is 5.91 Å². The van der Waals surface area contributed by atoms with Crippen LogP contribution in [-0.2, 0) is 4.79 Å². The molecule has 1 aromatic carbocycles. The van der Waals surface area contributed by atoms with Crippen LogP contribution in [0.2, 0.25) is 5.02 Å². The van der Waals surface area contributed by atoms with E-state index in [9.17, 15) is 9.59 Å². The first-order valence-electron chi connectivity index (χ1n) is 7.03. The molecule has 114 valence electrons. The highest BCUT2D eigenvalue weighted by Crippen LogP contribution is 2.14. The first kappa shape index (κ1) is 15.9. The number of imide groups is 1. The maximum absolute atomic E-state index is 12.0. The summed E-state index contributed by atoms with van der Waals surface area (Å²) in [6, 6.07) is 7.34. The highest BCUT2D eigenvalue weighted by atomic mass is 35.5. The molecule has 1 aliphatic rings. The Bertz CT molecular complexity index is 525. The van der Waals surface area contributed by atoms with Gasteiger partial charge >= 0.3 is 0 Å². The van der Waals surface area contributed by atoms with Crippen LogP contribution in [0.5, 0.6) is 0 Å². The first-order valence-corrected chi connectivity index (χ1v) is 7.40. The van der Waals surface area contributed by atoms with E-state index in [-0.39, 0.29) is 12.5 Å². The molecule has 2 amide bonds. The second-order valence-corrected chi connectivity index (χ2v) is 5.93. The number of benzene rings is 1. The second-order valence-electron chi connectivity index (χ2n) is 5.52. The zero-order valence-electron chi connectivity index (χ0n) is 12.2. The highest BCUT2D eigenvalue weighted by molar-refractivity contribution is 6.34. The zero-order chi connectivity index (χ0) is 15.4. The fourth-order valence-corrected chi connectivity index (χ4v) is 2.87. The third-order valence-electron chi connectivity index (χ3n) is 3.37. The molecule has 1 fully saturated rings. The van der Waals surface area contributed by atoms with Gasteiger partial charge in [0.1, 0.15) is 0 Å². The molecule has 0 bridgehead atoms. The van der Waals surface area contributed by atoms with E-state index in [2.05, 4.69) is 24.5 Å². The Labute approximate surface area is 129 Å². The lowest BCUT2D eigenvalue weighted by molar-refractivity contribution is -0.121. The van der Waals surface area contributed by atoms with Crippen LogP contribution in [0, 0.1) is 0 Å². The Morgan fingerprint density at radius 3 is 2.52 bits per heavy atom. The molecule has 5 nitrogen and oxygen atoms in total. The van der Waals surface area contributed by atoms with Gasteiger partial charge in [-0.2, -0.15) is 0 Å². The average molecular weight is 310 g/mol. The van der Waals surface area contributed by atoms with Crippen molar-refractivity contribution in [3.63, 3.8) is 0 Å². The van der Waals surface area contributed by atoms with Crippen LogP contribution in [0.15, 0.2) is 24.3 Å². The smallest absolute Gasteiger partial charge is 0.259 e. The third-order valence-corrected chi connectivity index (χ3v) is 3.70. The minimum Gasteiger partial charge on any atom is -0.309 e. The number of nitrogens with one attached hydrogen (secondary N) is 2. The van der Waals surface area contributed by atoms with Crippen molar-refractivity contribution in [1.82, 2.24) is 15.5 Å². The summed E-state index contributed by atoms with van der Waals surface area (Å²) < 4.78 is 0. The molecule has 0 saturated carbocycles.